The van der Waals surface area contributed by atoms with Crippen LogP contribution in [0.25, 0.3) is 0 Å². The minimum absolute atomic E-state index is 0.200. The fourth-order valence-electron chi connectivity index (χ4n) is 1.94. The van der Waals surface area contributed by atoms with Gasteiger partial charge in [0.05, 0.1) is 13.1 Å². The van der Waals surface area contributed by atoms with Crippen molar-refractivity contribution >= 4 is 5.91 Å². The molecule has 0 radical (unpaired) electrons. The lowest BCUT2D eigenvalue weighted by Gasteiger charge is -2.26. The van der Waals surface area contributed by atoms with Crippen molar-refractivity contribution in [1.29, 1.82) is 0 Å². The highest BCUT2D eigenvalue weighted by molar-refractivity contribution is 5.78. The molecule has 2 rings (SSSR count). The van der Waals surface area contributed by atoms with E-state index in [1.165, 1.54) is 6.42 Å². The van der Waals surface area contributed by atoms with E-state index in [4.69, 9.17) is 0 Å². The minimum atomic E-state index is 0.200. The van der Waals surface area contributed by atoms with E-state index >= 15 is 0 Å². The zero-order chi connectivity index (χ0) is 11.2. The number of rotatable bonds is 4. The van der Waals surface area contributed by atoms with Gasteiger partial charge in [-0.1, -0.05) is 0 Å². The first-order valence-corrected chi connectivity index (χ1v) is 5.83. The SMILES string of the molecule is O=C(CNCc1ncc[nH]1)N1CCCCC1. The lowest BCUT2D eigenvalue weighted by molar-refractivity contribution is -0.131. The Morgan fingerprint density at radius 2 is 2.25 bits per heavy atom. The van der Waals surface area contributed by atoms with Crippen molar-refractivity contribution in [3.63, 3.8) is 0 Å². The normalized spacial score (nSPS) is 16.4. The first-order chi connectivity index (χ1) is 7.86. The van der Waals surface area contributed by atoms with Crippen LogP contribution < -0.4 is 5.32 Å². The Bertz CT molecular complexity index is 317. The predicted molar refractivity (Wildman–Crippen MR) is 60.7 cm³/mol. The van der Waals surface area contributed by atoms with E-state index < -0.39 is 0 Å². The first kappa shape index (κ1) is 11.1. The number of hydrogen-bond donors (Lipinski definition) is 2. The summed E-state index contributed by atoms with van der Waals surface area (Å²) in [5.74, 6) is 1.07. The maximum atomic E-state index is 11.8. The number of aromatic nitrogens is 2. The number of carbonyl (C=O) groups is 1. The van der Waals surface area contributed by atoms with Crippen LogP contribution >= 0.6 is 0 Å². The van der Waals surface area contributed by atoms with Crippen LogP contribution in [0.15, 0.2) is 12.4 Å². The molecule has 2 heterocycles. The number of piperidine rings is 1. The Morgan fingerprint density at radius 1 is 1.44 bits per heavy atom. The molecule has 0 aromatic carbocycles. The van der Waals surface area contributed by atoms with Gasteiger partial charge in [-0.3, -0.25) is 4.79 Å². The molecule has 0 unspecified atom stereocenters. The summed E-state index contributed by atoms with van der Waals surface area (Å²) in [6.45, 7) is 2.86. The second-order valence-electron chi connectivity index (χ2n) is 4.08. The monoisotopic (exact) mass is 222 g/mol. The summed E-state index contributed by atoms with van der Waals surface area (Å²) in [5.41, 5.74) is 0. The highest BCUT2D eigenvalue weighted by Crippen LogP contribution is 2.08. The molecule has 1 fully saturated rings. The fourth-order valence-corrected chi connectivity index (χ4v) is 1.94. The van der Waals surface area contributed by atoms with Crippen molar-refractivity contribution in [1.82, 2.24) is 20.2 Å². The molecule has 5 heteroatoms. The van der Waals surface area contributed by atoms with Gasteiger partial charge in [0, 0.05) is 25.5 Å². The van der Waals surface area contributed by atoms with Gasteiger partial charge in [-0.2, -0.15) is 0 Å². The van der Waals surface area contributed by atoms with Crippen molar-refractivity contribution in [3.05, 3.63) is 18.2 Å². The number of imidazole rings is 1. The molecule has 0 saturated carbocycles. The molecule has 2 N–H and O–H groups in total. The van der Waals surface area contributed by atoms with E-state index in [0.29, 0.717) is 13.1 Å². The number of carbonyl (C=O) groups excluding carboxylic acids is 1. The summed E-state index contributed by atoms with van der Waals surface area (Å²) in [5, 5.41) is 3.10. The Balaban J connectivity index is 1.67. The molecule has 5 nitrogen and oxygen atoms in total. The van der Waals surface area contributed by atoms with Crippen LogP contribution in [-0.4, -0.2) is 40.4 Å². The van der Waals surface area contributed by atoms with Gasteiger partial charge in [0.15, 0.2) is 0 Å². The largest absolute Gasteiger partial charge is 0.348 e. The van der Waals surface area contributed by atoms with E-state index in [9.17, 15) is 4.79 Å². The summed E-state index contributed by atoms with van der Waals surface area (Å²) in [7, 11) is 0. The lowest BCUT2D eigenvalue weighted by atomic mass is 10.1. The number of H-pyrrole nitrogens is 1. The number of amides is 1. The zero-order valence-corrected chi connectivity index (χ0v) is 9.41. The van der Waals surface area contributed by atoms with Crippen LogP contribution in [0.3, 0.4) is 0 Å². The molecule has 16 heavy (non-hydrogen) atoms. The topological polar surface area (TPSA) is 61.0 Å². The third-order valence-corrected chi connectivity index (χ3v) is 2.83. The van der Waals surface area contributed by atoms with E-state index in [0.717, 1.165) is 31.8 Å². The highest BCUT2D eigenvalue weighted by Gasteiger charge is 2.15. The summed E-state index contributed by atoms with van der Waals surface area (Å²) < 4.78 is 0. The second-order valence-corrected chi connectivity index (χ2v) is 4.08. The maximum Gasteiger partial charge on any atom is 0.236 e. The molecule has 1 aromatic rings. The number of hydrogen-bond acceptors (Lipinski definition) is 3. The molecule has 1 saturated heterocycles. The quantitative estimate of drug-likeness (QED) is 0.780. The van der Waals surface area contributed by atoms with Gasteiger partial charge in [-0.05, 0) is 19.3 Å². The van der Waals surface area contributed by atoms with E-state index in [1.807, 2.05) is 4.90 Å². The molecule has 0 bridgehead atoms. The van der Waals surface area contributed by atoms with E-state index in [-0.39, 0.29) is 5.91 Å². The highest BCUT2D eigenvalue weighted by atomic mass is 16.2. The first-order valence-electron chi connectivity index (χ1n) is 5.83. The van der Waals surface area contributed by atoms with Crippen molar-refractivity contribution in [3.8, 4) is 0 Å². The Morgan fingerprint density at radius 3 is 2.94 bits per heavy atom. The maximum absolute atomic E-state index is 11.8. The van der Waals surface area contributed by atoms with Crippen LogP contribution in [0.1, 0.15) is 25.1 Å². The van der Waals surface area contributed by atoms with Gasteiger partial charge in [0.1, 0.15) is 5.82 Å². The average molecular weight is 222 g/mol. The molecule has 1 aliphatic heterocycles. The van der Waals surface area contributed by atoms with Crippen molar-refractivity contribution in [2.45, 2.75) is 25.8 Å². The van der Waals surface area contributed by atoms with Gasteiger partial charge < -0.3 is 15.2 Å². The minimum Gasteiger partial charge on any atom is -0.348 e. The number of aromatic amines is 1. The summed E-state index contributed by atoms with van der Waals surface area (Å²) in [6, 6.07) is 0. The predicted octanol–water partition coefficient (Wildman–Crippen LogP) is 0.512. The summed E-state index contributed by atoms with van der Waals surface area (Å²) in [4.78, 5) is 20.8. The molecule has 0 aliphatic carbocycles. The van der Waals surface area contributed by atoms with Crippen molar-refractivity contribution in [2.75, 3.05) is 19.6 Å². The molecule has 1 aromatic heterocycles. The Kier molecular flexibility index (Phi) is 3.93. The van der Waals surface area contributed by atoms with Crippen LogP contribution in [0.4, 0.5) is 0 Å². The van der Waals surface area contributed by atoms with Crippen molar-refractivity contribution < 1.29 is 4.79 Å². The van der Waals surface area contributed by atoms with Crippen molar-refractivity contribution in [2.24, 2.45) is 0 Å². The van der Waals surface area contributed by atoms with Crippen LogP contribution in [-0.2, 0) is 11.3 Å². The fraction of sp³-hybridized carbons (Fsp3) is 0.636. The third kappa shape index (κ3) is 3.06. The summed E-state index contributed by atoms with van der Waals surface area (Å²) >= 11 is 0. The van der Waals surface area contributed by atoms with Crippen LogP contribution in [0.5, 0.6) is 0 Å². The molecular formula is C11H18N4O. The Hall–Kier alpha value is -1.36. The third-order valence-electron chi connectivity index (χ3n) is 2.83. The average Bonchev–Trinajstić information content (AvgIpc) is 2.83. The molecule has 1 amide bonds. The standard InChI is InChI=1S/C11H18N4O/c16-11(15-6-2-1-3-7-15)9-12-8-10-13-4-5-14-10/h4-5,12H,1-3,6-9H2,(H,13,14). The molecular weight excluding hydrogens is 204 g/mol. The van der Waals surface area contributed by atoms with Gasteiger partial charge in [0.2, 0.25) is 5.91 Å². The molecule has 88 valence electrons. The van der Waals surface area contributed by atoms with Crippen LogP contribution in [0.2, 0.25) is 0 Å². The van der Waals surface area contributed by atoms with E-state index in [1.54, 1.807) is 12.4 Å². The smallest absolute Gasteiger partial charge is 0.236 e. The number of nitrogens with zero attached hydrogens (tertiary/aromatic N) is 2. The number of likely N-dealkylation sites (tertiary alicyclic amines) is 1. The Labute approximate surface area is 95.2 Å². The molecule has 0 spiro atoms. The van der Waals surface area contributed by atoms with Gasteiger partial charge in [-0.25, -0.2) is 4.98 Å². The van der Waals surface area contributed by atoms with Gasteiger partial charge in [0.25, 0.3) is 0 Å². The van der Waals surface area contributed by atoms with Gasteiger partial charge in [-0.15, -0.1) is 0 Å². The van der Waals surface area contributed by atoms with E-state index in [2.05, 4.69) is 15.3 Å². The van der Waals surface area contributed by atoms with Crippen LogP contribution in [0, 0.1) is 0 Å². The molecule has 1 aliphatic rings. The zero-order valence-electron chi connectivity index (χ0n) is 9.41. The summed E-state index contributed by atoms with van der Waals surface area (Å²) in [6.07, 6.45) is 7.03. The lowest BCUT2D eigenvalue weighted by Crippen LogP contribution is -2.41. The van der Waals surface area contributed by atoms with Gasteiger partial charge >= 0.3 is 0 Å². The molecule has 0 atom stereocenters. The second kappa shape index (κ2) is 5.65. The number of nitrogens with one attached hydrogen (secondary N) is 2.